The molecule has 4 nitrogen and oxygen atoms in total. The van der Waals surface area contributed by atoms with Gasteiger partial charge in [0.05, 0.1) is 0 Å². The minimum Gasteiger partial charge on any atom is -0.444 e. The van der Waals surface area contributed by atoms with Crippen LogP contribution in [0, 0.1) is 6.92 Å². The normalized spacial score (nSPS) is 18.7. The van der Waals surface area contributed by atoms with Crippen LogP contribution in [0.15, 0.2) is 18.2 Å². The van der Waals surface area contributed by atoms with Gasteiger partial charge in [0, 0.05) is 29.8 Å². The number of ether oxygens (including phenoxy) is 1. The number of carbonyl (C=O) groups excluding carboxylic acids is 1. The van der Waals surface area contributed by atoms with Crippen molar-refractivity contribution in [2.75, 3.05) is 18.4 Å². The molecule has 5 heteroatoms. The zero-order valence-corrected chi connectivity index (χ0v) is 13.8. The van der Waals surface area contributed by atoms with E-state index in [4.69, 9.17) is 16.3 Å². The van der Waals surface area contributed by atoms with Crippen molar-refractivity contribution in [2.24, 2.45) is 0 Å². The van der Waals surface area contributed by atoms with E-state index in [0.717, 1.165) is 29.2 Å². The highest BCUT2D eigenvalue weighted by atomic mass is 35.5. The Morgan fingerprint density at radius 3 is 2.76 bits per heavy atom. The van der Waals surface area contributed by atoms with Crippen LogP contribution in [0.4, 0.5) is 10.5 Å². The number of benzene rings is 1. The maximum atomic E-state index is 12.0. The van der Waals surface area contributed by atoms with Gasteiger partial charge < -0.3 is 15.0 Å². The van der Waals surface area contributed by atoms with Crippen molar-refractivity contribution in [3.8, 4) is 0 Å². The predicted molar refractivity (Wildman–Crippen MR) is 86.0 cm³/mol. The molecule has 1 aliphatic heterocycles. The Kier molecular flexibility index (Phi) is 4.67. The van der Waals surface area contributed by atoms with Crippen molar-refractivity contribution in [3.63, 3.8) is 0 Å². The van der Waals surface area contributed by atoms with Gasteiger partial charge in [0.15, 0.2) is 0 Å². The number of halogens is 1. The minimum absolute atomic E-state index is 0.236. The van der Waals surface area contributed by atoms with Gasteiger partial charge in [0.25, 0.3) is 0 Å². The van der Waals surface area contributed by atoms with Gasteiger partial charge in [-0.15, -0.1) is 0 Å². The van der Waals surface area contributed by atoms with Crippen LogP contribution in [0.25, 0.3) is 0 Å². The summed E-state index contributed by atoms with van der Waals surface area (Å²) in [6.45, 7) is 9.06. The van der Waals surface area contributed by atoms with Crippen LogP contribution >= 0.6 is 11.6 Å². The summed E-state index contributed by atoms with van der Waals surface area (Å²) >= 11 is 5.96. The van der Waals surface area contributed by atoms with Gasteiger partial charge in [0.1, 0.15) is 5.60 Å². The van der Waals surface area contributed by atoms with Crippen molar-refractivity contribution in [1.29, 1.82) is 0 Å². The lowest BCUT2D eigenvalue weighted by atomic mass is 10.1. The molecular formula is C16H23ClN2O2. The van der Waals surface area contributed by atoms with Crippen LogP contribution in [-0.4, -0.2) is 35.7 Å². The molecule has 21 heavy (non-hydrogen) atoms. The molecule has 0 radical (unpaired) electrons. The molecule has 0 aliphatic carbocycles. The number of likely N-dealkylation sites (tertiary alicyclic amines) is 1. The molecule has 1 saturated heterocycles. The lowest BCUT2D eigenvalue weighted by molar-refractivity contribution is 0.0293. The Balaban J connectivity index is 1.92. The summed E-state index contributed by atoms with van der Waals surface area (Å²) in [6.07, 6.45) is 0.682. The zero-order chi connectivity index (χ0) is 15.6. The number of anilines is 1. The summed E-state index contributed by atoms with van der Waals surface area (Å²) in [6, 6.07) is 6.04. The number of carbonyl (C=O) groups is 1. The number of nitrogens with one attached hydrogen (secondary N) is 1. The van der Waals surface area contributed by atoms with Crippen LogP contribution in [0.5, 0.6) is 0 Å². The van der Waals surface area contributed by atoms with E-state index >= 15 is 0 Å². The van der Waals surface area contributed by atoms with E-state index in [1.807, 2.05) is 45.9 Å². The number of rotatable bonds is 2. The van der Waals surface area contributed by atoms with E-state index in [0.29, 0.717) is 6.54 Å². The van der Waals surface area contributed by atoms with Crippen molar-refractivity contribution in [2.45, 2.75) is 45.8 Å². The lowest BCUT2D eigenvalue weighted by Gasteiger charge is -2.24. The molecular weight excluding hydrogens is 288 g/mol. The highest BCUT2D eigenvalue weighted by Crippen LogP contribution is 2.23. The van der Waals surface area contributed by atoms with Gasteiger partial charge in [-0.05, 0) is 57.9 Å². The monoisotopic (exact) mass is 310 g/mol. The zero-order valence-electron chi connectivity index (χ0n) is 13.1. The Morgan fingerprint density at radius 1 is 1.43 bits per heavy atom. The number of nitrogens with zero attached hydrogens (tertiary/aromatic N) is 1. The van der Waals surface area contributed by atoms with Crippen LogP contribution in [0.3, 0.4) is 0 Å². The lowest BCUT2D eigenvalue weighted by Crippen LogP contribution is -2.36. The fraction of sp³-hybridized carbons (Fsp3) is 0.562. The number of hydrogen-bond donors (Lipinski definition) is 1. The number of hydrogen-bond acceptors (Lipinski definition) is 3. The molecule has 0 spiro atoms. The fourth-order valence-corrected chi connectivity index (χ4v) is 2.61. The van der Waals surface area contributed by atoms with Crippen LogP contribution in [-0.2, 0) is 4.74 Å². The van der Waals surface area contributed by atoms with Gasteiger partial charge in [-0.2, -0.15) is 0 Å². The first-order valence-electron chi connectivity index (χ1n) is 7.25. The standard InChI is InChI=1S/C16H23ClN2O2/c1-11-9-12(17)5-6-14(11)18-13-7-8-19(10-13)15(20)21-16(2,3)4/h5-6,9,13,18H,7-8,10H2,1-4H3. The Bertz CT molecular complexity index is 525. The van der Waals surface area contributed by atoms with E-state index in [2.05, 4.69) is 5.32 Å². The van der Waals surface area contributed by atoms with Crippen LogP contribution in [0.2, 0.25) is 5.02 Å². The molecule has 0 aromatic heterocycles. The van der Waals surface area contributed by atoms with Gasteiger partial charge in [-0.1, -0.05) is 11.6 Å². The molecule has 1 fully saturated rings. The van der Waals surface area contributed by atoms with Crippen molar-refractivity contribution >= 4 is 23.4 Å². The predicted octanol–water partition coefficient (Wildman–Crippen LogP) is 4.07. The average Bonchev–Trinajstić information content (AvgIpc) is 2.79. The molecule has 1 N–H and O–H groups in total. The first-order chi connectivity index (χ1) is 9.74. The summed E-state index contributed by atoms with van der Waals surface area (Å²) in [5, 5.41) is 4.21. The first kappa shape index (κ1) is 16.0. The van der Waals surface area contributed by atoms with Crippen molar-refractivity contribution in [1.82, 2.24) is 4.90 Å². The van der Waals surface area contributed by atoms with Crippen molar-refractivity contribution < 1.29 is 9.53 Å². The third kappa shape index (κ3) is 4.53. The average molecular weight is 311 g/mol. The summed E-state index contributed by atoms with van der Waals surface area (Å²) in [7, 11) is 0. The molecule has 1 atom stereocenters. The molecule has 1 heterocycles. The maximum absolute atomic E-state index is 12.0. The number of amides is 1. The Morgan fingerprint density at radius 2 is 2.14 bits per heavy atom. The summed E-state index contributed by atoms with van der Waals surface area (Å²) < 4.78 is 5.40. The molecule has 1 aromatic carbocycles. The van der Waals surface area contributed by atoms with Crippen LogP contribution < -0.4 is 5.32 Å². The van der Waals surface area contributed by atoms with E-state index in [1.54, 1.807) is 4.90 Å². The number of aryl methyl sites for hydroxylation is 1. The second-order valence-corrected chi connectivity index (χ2v) is 6.95. The first-order valence-corrected chi connectivity index (χ1v) is 7.63. The van der Waals surface area contributed by atoms with Gasteiger partial charge in [0.2, 0.25) is 0 Å². The summed E-state index contributed by atoms with van der Waals surface area (Å²) in [5.41, 5.74) is 1.73. The maximum Gasteiger partial charge on any atom is 0.410 e. The minimum atomic E-state index is -0.449. The molecule has 1 amide bonds. The summed E-state index contributed by atoms with van der Waals surface area (Å²) in [4.78, 5) is 13.8. The molecule has 0 bridgehead atoms. The summed E-state index contributed by atoms with van der Waals surface area (Å²) in [5.74, 6) is 0. The second kappa shape index (κ2) is 6.14. The van der Waals surface area contributed by atoms with E-state index < -0.39 is 5.60 Å². The molecule has 0 saturated carbocycles. The molecule has 1 unspecified atom stereocenters. The quantitative estimate of drug-likeness (QED) is 0.895. The van der Waals surface area contributed by atoms with E-state index in [9.17, 15) is 4.79 Å². The third-order valence-corrected chi connectivity index (χ3v) is 3.62. The molecule has 2 rings (SSSR count). The highest BCUT2D eigenvalue weighted by molar-refractivity contribution is 6.30. The third-order valence-electron chi connectivity index (χ3n) is 3.39. The highest BCUT2D eigenvalue weighted by Gasteiger charge is 2.29. The fourth-order valence-electron chi connectivity index (χ4n) is 2.38. The van der Waals surface area contributed by atoms with Gasteiger partial charge in [-0.3, -0.25) is 0 Å². The SMILES string of the molecule is Cc1cc(Cl)ccc1NC1CCN(C(=O)OC(C)(C)C)C1. The Hall–Kier alpha value is -1.42. The van der Waals surface area contributed by atoms with E-state index in [1.165, 1.54) is 0 Å². The van der Waals surface area contributed by atoms with Gasteiger partial charge >= 0.3 is 6.09 Å². The largest absolute Gasteiger partial charge is 0.444 e. The second-order valence-electron chi connectivity index (χ2n) is 6.52. The topological polar surface area (TPSA) is 41.6 Å². The molecule has 1 aliphatic rings. The Labute approximate surface area is 131 Å². The van der Waals surface area contributed by atoms with Crippen LogP contribution in [0.1, 0.15) is 32.8 Å². The smallest absolute Gasteiger partial charge is 0.410 e. The molecule has 1 aromatic rings. The molecule has 116 valence electrons. The van der Waals surface area contributed by atoms with Gasteiger partial charge in [-0.25, -0.2) is 4.79 Å². The van der Waals surface area contributed by atoms with Crippen molar-refractivity contribution in [3.05, 3.63) is 28.8 Å². The van der Waals surface area contributed by atoms with E-state index in [-0.39, 0.29) is 12.1 Å².